The number of hydrogen-bond acceptors (Lipinski definition) is 4. The highest BCUT2D eigenvalue weighted by molar-refractivity contribution is 6.30. The number of nitrogens with zero attached hydrogens (tertiary/aromatic N) is 4. The monoisotopic (exact) mass is 306 g/mol. The zero-order chi connectivity index (χ0) is 14.4. The molecule has 0 aromatic carbocycles. The molecule has 0 spiro atoms. The Balaban J connectivity index is 1.83. The van der Waals surface area contributed by atoms with Gasteiger partial charge in [0, 0.05) is 31.5 Å². The number of rotatable bonds is 2. The highest BCUT2D eigenvalue weighted by atomic mass is 35.5. The SMILES string of the molecule is CC1CCN1c1nn(C2CCCCO2)c2cc(Cl)ncc12. The summed E-state index contributed by atoms with van der Waals surface area (Å²) in [5.41, 5.74) is 1.02. The van der Waals surface area contributed by atoms with Crippen molar-refractivity contribution < 1.29 is 4.74 Å². The van der Waals surface area contributed by atoms with Gasteiger partial charge in [0.2, 0.25) is 0 Å². The smallest absolute Gasteiger partial charge is 0.160 e. The fourth-order valence-corrected chi connectivity index (χ4v) is 3.32. The lowest BCUT2D eigenvalue weighted by Crippen LogP contribution is -2.46. The van der Waals surface area contributed by atoms with E-state index in [9.17, 15) is 0 Å². The van der Waals surface area contributed by atoms with Gasteiger partial charge in [-0.2, -0.15) is 5.10 Å². The van der Waals surface area contributed by atoms with Crippen LogP contribution in [-0.4, -0.2) is 34.0 Å². The van der Waals surface area contributed by atoms with E-state index in [0.717, 1.165) is 42.7 Å². The molecular weight excluding hydrogens is 288 g/mol. The molecule has 6 heteroatoms. The van der Waals surface area contributed by atoms with Gasteiger partial charge in [-0.3, -0.25) is 0 Å². The summed E-state index contributed by atoms with van der Waals surface area (Å²) in [6.07, 6.45) is 6.39. The quantitative estimate of drug-likeness (QED) is 0.798. The lowest BCUT2D eigenvalue weighted by molar-refractivity contribution is -0.0366. The average molecular weight is 307 g/mol. The van der Waals surface area contributed by atoms with Crippen LogP contribution < -0.4 is 4.90 Å². The average Bonchev–Trinajstić information content (AvgIpc) is 2.85. The summed E-state index contributed by atoms with van der Waals surface area (Å²) in [7, 11) is 0. The Hall–Kier alpha value is -1.33. The van der Waals surface area contributed by atoms with Gasteiger partial charge in [-0.05, 0) is 32.6 Å². The molecular formula is C15H19ClN4O. The van der Waals surface area contributed by atoms with E-state index in [1.807, 2.05) is 16.9 Å². The molecule has 2 aliphatic rings. The van der Waals surface area contributed by atoms with Crippen LogP contribution in [0, 0.1) is 0 Å². The van der Waals surface area contributed by atoms with Crippen LogP contribution in [0.3, 0.4) is 0 Å². The molecule has 2 aromatic rings. The van der Waals surface area contributed by atoms with Crippen molar-refractivity contribution in [3.8, 4) is 0 Å². The topological polar surface area (TPSA) is 43.2 Å². The van der Waals surface area contributed by atoms with Crippen molar-refractivity contribution >= 4 is 28.3 Å². The van der Waals surface area contributed by atoms with Crippen LogP contribution in [0.15, 0.2) is 12.3 Å². The van der Waals surface area contributed by atoms with Gasteiger partial charge in [0.15, 0.2) is 12.0 Å². The second kappa shape index (κ2) is 5.14. The van der Waals surface area contributed by atoms with Crippen molar-refractivity contribution in [3.05, 3.63) is 17.4 Å². The Morgan fingerprint density at radius 3 is 2.90 bits per heavy atom. The van der Waals surface area contributed by atoms with E-state index < -0.39 is 0 Å². The number of fused-ring (bicyclic) bond motifs is 1. The number of pyridine rings is 1. The van der Waals surface area contributed by atoms with Gasteiger partial charge < -0.3 is 9.64 Å². The molecule has 0 saturated carbocycles. The summed E-state index contributed by atoms with van der Waals surface area (Å²) in [4.78, 5) is 6.57. The molecule has 2 saturated heterocycles. The molecule has 2 unspecified atom stereocenters. The van der Waals surface area contributed by atoms with Gasteiger partial charge >= 0.3 is 0 Å². The van der Waals surface area contributed by atoms with Crippen LogP contribution >= 0.6 is 11.6 Å². The molecule has 0 bridgehead atoms. The summed E-state index contributed by atoms with van der Waals surface area (Å²) in [5, 5.41) is 6.42. The van der Waals surface area contributed by atoms with Crippen molar-refractivity contribution in [2.24, 2.45) is 0 Å². The molecule has 4 heterocycles. The molecule has 0 aliphatic carbocycles. The predicted molar refractivity (Wildman–Crippen MR) is 82.8 cm³/mol. The third-order valence-corrected chi connectivity index (χ3v) is 4.77. The van der Waals surface area contributed by atoms with Crippen molar-refractivity contribution in [2.75, 3.05) is 18.1 Å². The van der Waals surface area contributed by atoms with Gasteiger partial charge in [0.25, 0.3) is 0 Å². The standard InChI is InChI=1S/C15H19ClN4O/c1-10-5-6-19(10)15-11-9-17-13(16)8-12(11)20(18-15)14-4-2-3-7-21-14/h8-10,14H,2-7H2,1H3. The molecule has 21 heavy (non-hydrogen) atoms. The van der Waals surface area contributed by atoms with Crippen LogP contribution in [0.5, 0.6) is 0 Å². The van der Waals surface area contributed by atoms with E-state index in [4.69, 9.17) is 21.4 Å². The third kappa shape index (κ3) is 2.19. The zero-order valence-corrected chi connectivity index (χ0v) is 12.9. The molecule has 0 amide bonds. The minimum Gasteiger partial charge on any atom is -0.356 e. The Morgan fingerprint density at radius 2 is 2.24 bits per heavy atom. The number of ether oxygens (including phenoxy) is 1. The number of hydrogen-bond donors (Lipinski definition) is 0. The maximum atomic E-state index is 6.09. The summed E-state index contributed by atoms with van der Waals surface area (Å²) >= 11 is 6.09. The number of halogens is 1. The van der Waals surface area contributed by atoms with Crippen LogP contribution in [0.2, 0.25) is 5.15 Å². The summed E-state index contributed by atoms with van der Waals surface area (Å²) in [6.45, 7) is 4.09. The number of aromatic nitrogens is 3. The highest BCUT2D eigenvalue weighted by Gasteiger charge is 2.30. The normalized spacial score (nSPS) is 26.1. The summed E-state index contributed by atoms with van der Waals surface area (Å²) in [6, 6.07) is 2.44. The van der Waals surface area contributed by atoms with Gasteiger partial charge in [-0.15, -0.1) is 0 Å². The van der Waals surface area contributed by atoms with Gasteiger partial charge in [0.1, 0.15) is 5.15 Å². The molecule has 0 radical (unpaired) electrons. The maximum Gasteiger partial charge on any atom is 0.160 e. The van der Waals surface area contributed by atoms with Crippen LogP contribution in [0.1, 0.15) is 38.8 Å². The summed E-state index contributed by atoms with van der Waals surface area (Å²) in [5.74, 6) is 1.02. The van der Waals surface area contributed by atoms with Crippen LogP contribution in [-0.2, 0) is 4.74 Å². The second-order valence-electron chi connectivity index (χ2n) is 5.94. The predicted octanol–water partition coefficient (Wildman–Crippen LogP) is 3.38. The van der Waals surface area contributed by atoms with E-state index in [-0.39, 0.29) is 6.23 Å². The molecule has 112 valence electrons. The molecule has 5 nitrogen and oxygen atoms in total. The second-order valence-corrected chi connectivity index (χ2v) is 6.33. The fraction of sp³-hybridized carbons (Fsp3) is 0.600. The zero-order valence-electron chi connectivity index (χ0n) is 12.1. The fourth-order valence-electron chi connectivity index (χ4n) is 3.17. The lowest BCUT2D eigenvalue weighted by Gasteiger charge is -2.39. The Morgan fingerprint density at radius 1 is 1.33 bits per heavy atom. The first-order valence-corrected chi connectivity index (χ1v) is 8.04. The Labute approximate surface area is 128 Å². The van der Waals surface area contributed by atoms with E-state index >= 15 is 0 Å². The van der Waals surface area contributed by atoms with Gasteiger partial charge in [-0.1, -0.05) is 11.6 Å². The molecule has 2 fully saturated rings. The van der Waals surface area contributed by atoms with E-state index in [2.05, 4.69) is 16.8 Å². The Kier molecular flexibility index (Phi) is 3.27. The maximum absolute atomic E-state index is 6.09. The van der Waals surface area contributed by atoms with Crippen molar-refractivity contribution in [1.82, 2.24) is 14.8 Å². The first kappa shape index (κ1) is 13.3. The minimum absolute atomic E-state index is 0.0186. The van der Waals surface area contributed by atoms with Crippen molar-refractivity contribution in [2.45, 2.75) is 44.9 Å². The first-order valence-electron chi connectivity index (χ1n) is 7.66. The first-order chi connectivity index (χ1) is 10.2. The van der Waals surface area contributed by atoms with Crippen LogP contribution in [0.4, 0.5) is 5.82 Å². The molecule has 4 rings (SSSR count). The highest BCUT2D eigenvalue weighted by Crippen LogP contribution is 2.35. The third-order valence-electron chi connectivity index (χ3n) is 4.56. The van der Waals surface area contributed by atoms with Crippen molar-refractivity contribution in [3.63, 3.8) is 0 Å². The van der Waals surface area contributed by atoms with Crippen LogP contribution in [0.25, 0.3) is 10.9 Å². The van der Waals surface area contributed by atoms with Gasteiger partial charge in [0.05, 0.1) is 10.9 Å². The molecule has 2 aromatic heterocycles. The van der Waals surface area contributed by atoms with E-state index in [0.29, 0.717) is 11.2 Å². The molecule has 0 N–H and O–H groups in total. The summed E-state index contributed by atoms with van der Waals surface area (Å²) < 4.78 is 7.90. The van der Waals surface area contributed by atoms with E-state index in [1.165, 1.54) is 12.8 Å². The van der Waals surface area contributed by atoms with E-state index in [1.54, 1.807) is 0 Å². The largest absolute Gasteiger partial charge is 0.356 e. The number of anilines is 1. The minimum atomic E-state index is 0.0186. The molecule has 2 aliphatic heterocycles. The molecule has 2 atom stereocenters. The lowest BCUT2D eigenvalue weighted by atomic mass is 10.1. The Bertz CT molecular complexity index is 665. The van der Waals surface area contributed by atoms with Crippen molar-refractivity contribution in [1.29, 1.82) is 0 Å². The van der Waals surface area contributed by atoms with Gasteiger partial charge in [-0.25, -0.2) is 9.67 Å².